The van der Waals surface area contributed by atoms with Gasteiger partial charge in [0.2, 0.25) is 0 Å². The number of rotatable bonds is 6. The first-order chi connectivity index (χ1) is 8.04. The van der Waals surface area contributed by atoms with Crippen LogP contribution in [0.3, 0.4) is 0 Å². The molecule has 17 heavy (non-hydrogen) atoms. The van der Waals surface area contributed by atoms with Crippen molar-refractivity contribution in [2.75, 3.05) is 20.1 Å². The lowest BCUT2D eigenvalue weighted by Crippen LogP contribution is -2.31. The third kappa shape index (κ3) is 3.87. The van der Waals surface area contributed by atoms with Crippen LogP contribution in [0.25, 0.3) is 0 Å². The van der Waals surface area contributed by atoms with Gasteiger partial charge in [0.05, 0.1) is 6.07 Å². The van der Waals surface area contributed by atoms with E-state index >= 15 is 0 Å². The zero-order valence-electron chi connectivity index (χ0n) is 9.73. The lowest BCUT2D eigenvalue weighted by Gasteiger charge is -2.10. The van der Waals surface area contributed by atoms with Gasteiger partial charge in [-0.1, -0.05) is 6.92 Å². The summed E-state index contributed by atoms with van der Waals surface area (Å²) < 4.78 is 4.77. The molecule has 0 saturated carbocycles. The third-order valence-electron chi connectivity index (χ3n) is 2.16. The summed E-state index contributed by atoms with van der Waals surface area (Å²) in [7, 11) is 1.83. The van der Waals surface area contributed by atoms with Crippen LogP contribution in [0.2, 0.25) is 0 Å². The van der Waals surface area contributed by atoms with Crippen LogP contribution >= 0.6 is 0 Å². The number of carbonyl (C=O) groups excluding carboxylic acids is 1. The summed E-state index contributed by atoms with van der Waals surface area (Å²) in [4.78, 5) is 21.2. The van der Waals surface area contributed by atoms with E-state index in [0.717, 1.165) is 12.6 Å². The minimum Gasteiger partial charge on any atom is -0.395 e. The molecular formula is C10H15N3O4. The van der Waals surface area contributed by atoms with Crippen molar-refractivity contribution < 1.29 is 14.1 Å². The Kier molecular flexibility index (Phi) is 4.65. The lowest BCUT2D eigenvalue weighted by atomic mass is 10.2. The second-order valence-electron chi connectivity index (χ2n) is 3.77. The Hall–Kier alpha value is -1.89. The topological polar surface area (TPSA) is 97.4 Å². The maximum atomic E-state index is 11.5. The number of nitro groups is 1. The molecule has 1 rings (SSSR count). The SMILES string of the molecule is CNCC(C)CNC(=O)c1ccc([N+](=O)[O-])o1. The molecule has 2 N–H and O–H groups in total. The van der Waals surface area contributed by atoms with E-state index in [1.807, 2.05) is 14.0 Å². The van der Waals surface area contributed by atoms with Crippen molar-refractivity contribution in [3.05, 3.63) is 28.0 Å². The lowest BCUT2D eigenvalue weighted by molar-refractivity contribution is -0.402. The molecule has 94 valence electrons. The fraction of sp³-hybridized carbons (Fsp3) is 0.500. The Bertz CT molecular complexity index is 402. The molecule has 0 aromatic carbocycles. The van der Waals surface area contributed by atoms with Crippen LogP contribution in [-0.2, 0) is 0 Å². The van der Waals surface area contributed by atoms with E-state index < -0.39 is 16.7 Å². The van der Waals surface area contributed by atoms with E-state index in [1.54, 1.807) is 0 Å². The van der Waals surface area contributed by atoms with E-state index in [9.17, 15) is 14.9 Å². The van der Waals surface area contributed by atoms with Gasteiger partial charge in [-0.2, -0.15) is 0 Å². The van der Waals surface area contributed by atoms with E-state index in [-0.39, 0.29) is 11.7 Å². The first kappa shape index (κ1) is 13.2. The summed E-state index contributed by atoms with van der Waals surface area (Å²) in [6, 6.07) is 2.45. The molecule has 1 unspecified atom stereocenters. The Morgan fingerprint density at radius 1 is 1.53 bits per heavy atom. The van der Waals surface area contributed by atoms with Gasteiger partial charge >= 0.3 is 5.88 Å². The molecule has 1 amide bonds. The molecule has 7 heteroatoms. The Labute approximate surface area is 98.3 Å². The smallest absolute Gasteiger partial charge is 0.395 e. The van der Waals surface area contributed by atoms with E-state index in [0.29, 0.717) is 6.54 Å². The molecule has 0 aliphatic heterocycles. The quantitative estimate of drug-likeness (QED) is 0.566. The van der Waals surface area contributed by atoms with Crippen LogP contribution in [-0.4, -0.2) is 31.0 Å². The van der Waals surface area contributed by atoms with Crippen molar-refractivity contribution in [3.63, 3.8) is 0 Å². The van der Waals surface area contributed by atoms with Crippen LogP contribution in [0.1, 0.15) is 17.5 Å². The number of hydrogen-bond acceptors (Lipinski definition) is 5. The average molecular weight is 241 g/mol. The maximum Gasteiger partial charge on any atom is 0.433 e. The highest BCUT2D eigenvalue weighted by Gasteiger charge is 2.17. The Morgan fingerprint density at radius 3 is 2.76 bits per heavy atom. The van der Waals surface area contributed by atoms with Gasteiger partial charge in [-0.3, -0.25) is 14.9 Å². The van der Waals surface area contributed by atoms with Crippen LogP contribution in [0, 0.1) is 16.0 Å². The van der Waals surface area contributed by atoms with Crippen LogP contribution in [0.5, 0.6) is 0 Å². The maximum absolute atomic E-state index is 11.5. The first-order valence-electron chi connectivity index (χ1n) is 5.21. The summed E-state index contributed by atoms with van der Waals surface area (Å²) in [5.74, 6) is -0.651. The molecule has 7 nitrogen and oxygen atoms in total. The van der Waals surface area contributed by atoms with Gasteiger partial charge in [-0.25, -0.2) is 0 Å². The second kappa shape index (κ2) is 6.00. The average Bonchev–Trinajstić information content (AvgIpc) is 2.75. The fourth-order valence-corrected chi connectivity index (χ4v) is 1.32. The molecule has 1 atom stereocenters. The van der Waals surface area contributed by atoms with E-state index in [1.165, 1.54) is 6.07 Å². The zero-order valence-corrected chi connectivity index (χ0v) is 9.73. The van der Waals surface area contributed by atoms with Gasteiger partial charge in [0.25, 0.3) is 5.91 Å². The van der Waals surface area contributed by atoms with Crippen molar-refractivity contribution in [2.45, 2.75) is 6.92 Å². The summed E-state index contributed by atoms with van der Waals surface area (Å²) in [6.45, 7) is 3.23. The van der Waals surface area contributed by atoms with Crippen molar-refractivity contribution in [1.82, 2.24) is 10.6 Å². The minimum atomic E-state index is -0.680. The zero-order chi connectivity index (χ0) is 12.8. The first-order valence-corrected chi connectivity index (χ1v) is 5.21. The van der Waals surface area contributed by atoms with E-state index in [2.05, 4.69) is 10.6 Å². The third-order valence-corrected chi connectivity index (χ3v) is 2.16. The van der Waals surface area contributed by atoms with Gasteiger partial charge in [0.15, 0.2) is 5.76 Å². The molecule has 0 saturated heterocycles. The number of carbonyl (C=O) groups is 1. The predicted molar refractivity (Wildman–Crippen MR) is 60.8 cm³/mol. The van der Waals surface area contributed by atoms with Gasteiger partial charge in [-0.15, -0.1) is 0 Å². The molecule has 0 fully saturated rings. The highest BCUT2D eigenvalue weighted by atomic mass is 16.6. The molecule has 1 heterocycles. The minimum absolute atomic E-state index is 0.0478. The van der Waals surface area contributed by atoms with Crippen LogP contribution < -0.4 is 10.6 Å². The summed E-state index contributed by atoms with van der Waals surface area (Å²) in [6.07, 6.45) is 0. The van der Waals surface area contributed by atoms with Gasteiger partial charge in [-0.05, 0) is 25.6 Å². The largest absolute Gasteiger partial charge is 0.433 e. The molecule has 1 aromatic heterocycles. The number of hydrogen-bond donors (Lipinski definition) is 2. The Balaban J connectivity index is 2.49. The number of nitrogens with one attached hydrogen (secondary N) is 2. The van der Waals surface area contributed by atoms with Gasteiger partial charge in [0, 0.05) is 6.54 Å². The van der Waals surface area contributed by atoms with Gasteiger partial charge < -0.3 is 15.1 Å². The predicted octanol–water partition coefficient (Wildman–Crippen LogP) is 0.773. The molecule has 0 aliphatic carbocycles. The summed E-state index contributed by atoms with van der Waals surface area (Å²) in [5, 5.41) is 16.0. The summed E-state index contributed by atoms with van der Waals surface area (Å²) >= 11 is 0. The summed E-state index contributed by atoms with van der Waals surface area (Å²) in [5.41, 5.74) is 0. The molecule has 0 aliphatic rings. The molecule has 1 aromatic rings. The monoisotopic (exact) mass is 241 g/mol. The normalized spacial score (nSPS) is 12.1. The molecule has 0 bridgehead atoms. The Morgan fingerprint density at radius 2 is 2.24 bits per heavy atom. The van der Waals surface area contributed by atoms with Crippen molar-refractivity contribution in [3.8, 4) is 0 Å². The molecular weight excluding hydrogens is 226 g/mol. The second-order valence-corrected chi connectivity index (χ2v) is 3.77. The number of furan rings is 1. The van der Waals surface area contributed by atoms with Crippen molar-refractivity contribution >= 4 is 11.8 Å². The fourth-order valence-electron chi connectivity index (χ4n) is 1.32. The standard InChI is InChI=1S/C10H15N3O4/c1-7(5-11-2)6-12-10(14)8-3-4-9(17-8)13(15)16/h3-4,7,11H,5-6H2,1-2H3,(H,12,14). The molecule has 0 spiro atoms. The van der Waals surface area contributed by atoms with E-state index in [4.69, 9.17) is 4.42 Å². The number of amides is 1. The highest BCUT2D eigenvalue weighted by molar-refractivity contribution is 5.91. The van der Waals surface area contributed by atoms with Crippen LogP contribution in [0.15, 0.2) is 16.5 Å². The highest BCUT2D eigenvalue weighted by Crippen LogP contribution is 2.15. The van der Waals surface area contributed by atoms with Crippen molar-refractivity contribution in [2.24, 2.45) is 5.92 Å². The molecule has 0 radical (unpaired) electrons. The van der Waals surface area contributed by atoms with Crippen LogP contribution in [0.4, 0.5) is 5.88 Å². The number of nitrogens with zero attached hydrogens (tertiary/aromatic N) is 1. The van der Waals surface area contributed by atoms with Gasteiger partial charge in [0.1, 0.15) is 4.92 Å². The van der Waals surface area contributed by atoms with Crippen molar-refractivity contribution in [1.29, 1.82) is 0 Å².